The SMILES string of the molecule is CCCCSC(C)C(=O)N1CCN(c2ncccn2)CC1. The van der Waals surface area contributed by atoms with Crippen molar-refractivity contribution in [2.75, 3.05) is 36.8 Å². The summed E-state index contributed by atoms with van der Waals surface area (Å²) in [7, 11) is 0. The number of amides is 1. The first kappa shape index (κ1) is 16.1. The Balaban J connectivity index is 1.79. The molecule has 1 aliphatic rings. The highest BCUT2D eigenvalue weighted by Crippen LogP contribution is 2.17. The van der Waals surface area contributed by atoms with E-state index in [-0.39, 0.29) is 11.2 Å². The van der Waals surface area contributed by atoms with Gasteiger partial charge in [0.2, 0.25) is 11.9 Å². The van der Waals surface area contributed by atoms with Crippen molar-refractivity contribution in [2.24, 2.45) is 0 Å². The van der Waals surface area contributed by atoms with Crippen LogP contribution >= 0.6 is 11.8 Å². The molecule has 2 rings (SSSR count). The lowest BCUT2D eigenvalue weighted by molar-refractivity contribution is -0.130. The molecule has 0 bridgehead atoms. The number of carbonyl (C=O) groups is 1. The van der Waals surface area contributed by atoms with Gasteiger partial charge in [-0.3, -0.25) is 4.79 Å². The molecule has 1 aliphatic heterocycles. The lowest BCUT2D eigenvalue weighted by Crippen LogP contribution is -2.51. The lowest BCUT2D eigenvalue weighted by Gasteiger charge is -2.35. The van der Waals surface area contributed by atoms with Crippen LogP contribution in [0, 0.1) is 0 Å². The van der Waals surface area contributed by atoms with E-state index in [9.17, 15) is 4.79 Å². The monoisotopic (exact) mass is 308 g/mol. The highest BCUT2D eigenvalue weighted by atomic mass is 32.2. The number of carbonyl (C=O) groups excluding carboxylic acids is 1. The number of hydrogen-bond donors (Lipinski definition) is 0. The Morgan fingerprint density at radius 3 is 2.57 bits per heavy atom. The zero-order valence-electron chi connectivity index (χ0n) is 12.9. The second kappa shape index (κ2) is 8.22. The third-order valence-corrected chi connectivity index (χ3v) is 4.87. The number of unbranched alkanes of at least 4 members (excludes halogenated alkanes) is 1. The number of anilines is 1. The van der Waals surface area contributed by atoms with Gasteiger partial charge in [0.05, 0.1) is 5.25 Å². The summed E-state index contributed by atoms with van der Waals surface area (Å²) in [5.74, 6) is 2.10. The van der Waals surface area contributed by atoms with Gasteiger partial charge in [-0.25, -0.2) is 9.97 Å². The molecule has 5 nitrogen and oxygen atoms in total. The van der Waals surface area contributed by atoms with E-state index in [1.807, 2.05) is 17.9 Å². The average Bonchev–Trinajstić information content (AvgIpc) is 2.55. The average molecular weight is 308 g/mol. The normalized spacial score (nSPS) is 16.9. The highest BCUT2D eigenvalue weighted by molar-refractivity contribution is 8.00. The third-order valence-electron chi connectivity index (χ3n) is 3.64. The number of nitrogens with zero attached hydrogens (tertiary/aromatic N) is 4. The minimum absolute atomic E-state index is 0.0658. The second-order valence-corrected chi connectivity index (χ2v) is 6.68. The van der Waals surface area contributed by atoms with Crippen LogP contribution in [0.3, 0.4) is 0 Å². The molecule has 1 atom stereocenters. The first-order chi connectivity index (χ1) is 10.2. The summed E-state index contributed by atoms with van der Waals surface area (Å²) in [4.78, 5) is 25.0. The topological polar surface area (TPSA) is 49.3 Å². The summed E-state index contributed by atoms with van der Waals surface area (Å²) in [6.07, 6.45) is 5.88. The van der Waals surface area contributed by atoms with Crippen molar-refractivity contribution >= 4 is 23.6 Å². The minimum atomic E-state index is 0.0658. The van der Waals surface area contributed by atoms with Gasteiger partial charge in [0, 0.05) is 38.6 Å². The molecule has 1 aromatic rings. The lowest BCUT2D eigenvalue weighted by atomic mass is 10.3. The van der Waals surface area contributed by atoms with Gasteiger partial charge in [-0.05, 0) is 25.2 Å². The van der Waals surface area contributed by atoms with E-state index in [2.05, 4.69) is 21.8 Å². The maximum atomic E-state index is 12.4. The van der Waals surface area contributed by atoms with Crippen LogP contribution < -0.4 is 4.90 Å². The molecule has 0 saturated carbocycles. The molecule has 21 heavy (non-hydrogen) atoms. The molecule has 6 heteroatoms. The van der Waals surface area contributed by atoms with Crippen molar-refractivity contribution in [3.63, 3.8) is 0 Å². The van der Waals surface area contributed by atoms with Crippen LogP contribution in [0.25, 0.3) is 0 Å². The number of hydrogen-bond acceptors (Lipinski definition) is 5. The number of rotatable bonds is 6. The summed E-state index contributed by atoms with van der Waals surface area (Å²) < 4.78 is 0. The third kappa shape index (κ3) is 4.59. The maximum Gasteiger partial charge on any atom is 0.235 e. The van der Waals surface area contributed by atoms with Crippen LogP contribution in [0.15, 0.2) is 18.5 Å². The Bertz CT molecular complexity index is 435. The van der Waals surface area contributed by atoms with Crippen molar-refractivity contribution in [3.05, 3.63) is 18.5 Å². The molecule has 1 fully saturated rings. The molecule has 1 aromatic heterocycles. The van der Waals surface area contributed by atoms with Crippen molar-refractivity contribution in [3.8, 4) is 0 Å². The molecule has 0 aliphatic carbocycles. The Hall–Kier alpha value is -1.30. The molecule has 0 spiro atoms. The van der Waals surface area contributed by atoms with Crippen LogP contribution in [-0.4, -0.2) is 58.0 Å². The van der Waals surface area contributed by atoms with E-state index < -0.39 is 0 Å². The van der Waals surface area contributed by atoms with E-state index in [1.54, 1.807) is 24.2 Å². The molecule has 1 amide bonds. The summed E-state index contributed by atoms with van der Waals surface area (Å²) in [5, 5.41) is 0.0658. The van der Waals surface area contributed by atoms with Crippen molar-refractivity contribution in [1.82, 2.24) is 14.9 Å². The fourth-order valence-electron chi connectivity index (χ4n) is 2.31. The molecule has 0 aromatic carbocycles. The molecule has 0 radical (unpaired) electrons. The molecule has 1 unspecified atom stereocenters. The van der Waals surface area contributed by atoms with Gasteiger partial charge in [-0.15, -0.1) is 11.8 Å². The largest absolute Gasteiger partial charge is 0.338 e. The summed E-state index contributed by atoms with van der Waals surface area (Å²) >= 11 is 1.77. The molecule has 1 saturated heterocycles. The van der Waals surface area contributed by atoms with Crippen LogP contribution in [0.4, 0.5) is 5.95 Å². The van der Waals surface area contributed by atoms with Gasteiger partial charge < -0.3 is 9.80 Å². The van der Waals surface area contributed by atoms with Crippen molar-refractivity contribution in [1.29, 1.82) is 0 Å². The first-order valence-electron chi connectivity index (χ1n) is 7.64. The Kier molecular flexibility index (Phi) is 6.29. The second-order valence-electron chi connectivity index (χ2n) is 5.23. The molecular weight excluding hydrogens is 284 g/mol. The van der Waals surface area contributed by atoms with E-state index in [0.29, 0.717) is 0 Å². The molecule has 0 N–H and O–H groups in total. The first-order valence-corrected chi connectivity index (χ1v) is 8.69. The summed E-state index contributed by atoms with van der Waals surface area (Å²) in [6, 6.07) is 1.82. The standard InChI is InChI=1S/C15H24N4OS/c1-3-4-12-21-13(2)14(20)18-8-10-19(11-9-18)15-16-6-5-7-17-15/h5-7,13H,3-4,8-12H2,1-2H3. The predicted octanol–water partition coefficient (Wildman–Crippen LogP) is 2.05. The van der Waals surface area contributed by atoms with Crippen LogP contribution in [0.5, 0.6) is 0 Å². The van der Waals surface area contributed by atoms with E-state index in [0.717, 1.165) is 37.9 Å². The fraction of sp³-hybridized carbons (Fsp3) is 0.667. The highest BCUT2D eigenvalue weighted by Gasteiger charge is 2.25. The predicted molar refractivity (Wildman–Crippen MR) is 87.7 cm³/mol. The zero-order valence-corrected chi connectivity index (χ0v) is 13.7. The Morgan fingerprint density at radius 1 is 1.29 bits per heavy atom. The fourth-order valence-corrected chi connectivity index (χ4v) is 3.41. The molecule has 2 heterocycles. The quantitative estimate of drug-likeness (QED) is 0.753. The number of aromatic nitrogens is 2. The van der Waals surface area contributed by atoms with E-state index in [4.69, 9.17) is 0 Å². The van der Waals surface area contributed by atoms with Crippen LogP contribution in [0.2, 0.25) is 0 Å². The van der Waals surface area contributed by atoms with Crippen LogP contribution in [0.1, 0.15) is 26.7 Å². The van der Waals surface area contributed by atoms with E-state index >= 15 is 0 Å². The van der Waals surface area contributed by atoms with Crippen molar-refractivity contribution < 1.29 is 4.79 Å². The molecule has 116 valence electrons. The van der Waals surface area contributed by atoms with Gasteiger partial charge in [0.15, 0.2) is 0 Å². The van der Waals surface area contributed by atoms with Gasteiger partial charge in [-0.1, -0.05) is 13.3 Å². The summed E-state index contributed by atoms with van der Waals surface area (Å²) in [6.45, 7) is 7.34. The number of thioether (sulfide) groups is 1. The van der Waals surface area contributed by atoms with Crippen LogP contribution in [-0.2, 0) is 4.79 Å². The Labute approximate surface area is 131 Å². The zero-order chi connectivity index (χ0) is 15.1. The molecular formula is C15H24N4OS. The van der Waals surface area contributed by atoms with E-state index in [1.165, 1.54) is 12.8 Å². The van der Waals surface area contributed by atoms with Gasteiger partial charge in [-0.2, -0.15) is 0 Å². The smallest absolute Gasteiger partial charge is 0.235 e. The van der Waals surface area contributed by atoms with Gasteiger partial charge in [0.1, 0.15) is 0 Å². The van der Waals surface area contributed by atoms with Gasteiger partial charge in [0.25, 0.3) is 0 Å². The number of piperazine rings is 1. The Morgan fingerprint density at radius 2 is 1.95 bits per heavy atom. The van der Waals surface area contributed by atoms with Gasteiger partial charge >= 0.3 is 0 Å². The minimum Gasteiger partial charge on any atom is -0.338 e. The maximum absolute atomic E-state index is 12.4. The summed E-state index contributed by atoms with van der Waals surface area (Å²) in [5.41, 5.74) is 0. The van der Waals surface area contributed by atoms with Crippen molar-refractivity contribution in [2.45, 2.75) is 31.9 Å².